The van der Waals surface area contributed by atoms with Crippen LogP contribution in [0.3, 0.4) is 0 Å². The summed E-state index contributed by atoms with van der Waals surface area (Å²) in [6, 6.07) is 1.80. The van der Waals surface area contributed by atoms with Crippen LogP contribution < -0.4 is 0 Å². The smallest absolute Gasteiger partial charge is 0.166 e. The minimum absolute atomic E-state index is 0.104. The van der Waals surface area contributed by atoms with Crippen LogP contribution in [-0.4, -0.2) is 11.5 Å². The van der Waals surface area contributed by atoms with Gasteiger partial charge in [-0.25, -0.2) is 0 Å². The third kappa shape index (κ3) is 3.58. The van der Waals surface area contributed by atoms with Crippen LogP contribution in [0, 0.1) is 5.92 Å². The molecular weight excluding hydrogens is 290 g/mol. The van der Waals surface area contributed by atoms with Crippen molar-refractivity contribution in [2.75, 3.05) is 11.5 Å². The highest BCUT2D eigenvalue weighted by Crippen LogP contribution is 2.37. The molecule has 1 saturated heterocycles. The molecule has 0 N–H and O–H groups in total. The van der Waals surface area contributed by atoms with Crippen molar-refractivity contribution >= 4 is 11.8 Å². The van der Waals surface area contributed by atoms with E-state index in [1.807, 2.05) is 0 Å². The molecule has 1 heterocycles. The molecule has 0 nitrogen and oxygen atoms in total. The van der Waals surface area contributed by atoms with Gasteiger partial charge in [-0.1, -0.05) is 0 Å². The summed E-state index contributed by atoms with van der Waals surface area (Å²) in [6.07, 6.45) is -9.26. The predicted molar refractivity (Wildman–Crippen MR) is 61.0 cm³/mol. The Labute approximate surface area is 110 Å². The van der Waals surface area contributed by atoms with E-state index >= 15 is 0 Å². The largest absolute Gasteiger partial charge is 0.416 e. The standard InChI is InChI=1S/C12H10F6S/c13-11(14,15)9-2-7(1-8-5-19-6-8)3-10(4-9)12(16,17)18/h2-4,8H,1,5-6H2. The van der Waals surface area contributed by atoms with Crippen LogP contribution in [0.15, 0.2) is 18.2 Å². The normalized spacial score (nSPS) is 17.4. The number of benzene rings is 1. The van der Waals surface area contributed by atoms with Crippen molar-refractivity contribution in [1.82, 2.24) is 0 Å². The van der Waals surface area contributed by atoms with Crippen molar-refractivity contribution in [2.24, 2.45) is 5.92 Å². The summed E-state index contributed by atoms with van der Waals surface area (Å²) in [6.45, 7) is 0. The molecule has 0 spiro atoms. The fraction of sp³-hybridized carbons (Fsp3) is 0.500. The molecule has 7 heteroatoms. The maximum Gasteiger partial charge on any atom is 0.416 e. The third-order valence-electron chi connectivity index (χ3n) is 2.88. The minimum Gasteiger partial charge on any atom is -0.166 e. The van der Waals surface area contributed by atoms with Gasteiger partial charge < -0.3 is 0 Å². The Balaban J connectivity index is 2.36. The Morgan fingerprint density at radius 1 is 0.895 bits per heavy atom. The fourth-order valence-electron chi connectivity index (χ4n) is 1.87. The molecule has 0 unspecified atom stereocenters. The highest BCUT2D eigenvalue weighted by molar-refractivity contribution is 8.00. The summed E-state index contributed by atoms with van der Waals surface area (Å²) < 4.78 is 75.6. The summed E-state index contributed by atoms with van der Waals surface area (Å²) in [7, 11) is 0. The van der Waals surface area contributed by atoms with Gasteiger partial charge in [0.2, 0.25) is 0 Å². The summed E-state index contributed by atoms with van der Waals surface area (Å²) in [4.78, 5) is 0. The predicted octanol–water partition coefficient (Wildman–Crippen LogP) is 4.63. The lowest BCUT2D eigenvalue weighted by Gasteiger charge is -2.25. The molecule has 0 atom stereocenters. The molecule has 1 fully saturated rings. The van der Waals surface area contributed by atoms with Crippen LogP contribution in [-0.2, 0) is 18.8 Å². The van der Waals surface area contributed by atoms with Crippen LogP contribution >= 0.6 is 11.8 Å². The molecule has 0 radical (unpaired) electrons. The lowest BCUT2D eigenvalue weighted by Crippen LogP contribution is -2.21. The second-order valence-electron chi connectivity index (χ2n) is 4.52. The maximum atomic E-state index is 12.6. The number of alkyl halides is 6. The SMILES string of the molecule is FC(F)(F)c1cc(CC2CSC2)cc(C(F)(F)F)c1. The number of halogens is 6. The topological polar surface area (TPSA) is 0 Å². The van der Waals surface area contributed by atoms with Crippen molar-refractivity contribution in [2.45, 2.75) is 18.8 Å². The third-order valence-corrected chi connectivity index (χ3v) is 4.29. The Kier molecular flexibility index (Phi) is 3.77. The Bertz CT molecular complexity index is 426. The van der Waals surface area contributed by atoms with Crippen LogP contribution in [0.1, 0.15) is 16.7 Å². The van der Waals surface area contributed by atoms with Crippen molar-refractivity contribution in [1.29, 1.82) is 0 Å². The second-order valence-corrected chi connectivity index (χ2v) is 5.60. The van der Waals surface area contributed by atoms with Gasteiger partial charge in [-0.05, 0) is 47.6 Å². The zero-order chi connectivity index (χ0) is 14.3. The summed E-state index contributed by atoms with van der Waals surface area (Å²) in [5.41, 5.74) is -2.36. The van der Waals surface area contributed by atoms with Gasteiger partial charge >= 0.3 is 12.4 Å². The lowest BCUT2D eigenvalue weighted by atomic mass is 9.97. The molecule has 19 heavy (non-hydrogen) atoms. The average molecular weight is 300 g/mol. The van der Waals surface area contributed by atoms with E-state index in [1.165, 1.54) is 0 Å². The second kappa shape index (κ2) is 4.92. The quantitative estimate of drug-likeness (QED) is 0.718. The van der Waals surface area contributed by atoms with E-state index in [2.05, 4.69) is 0 Å². The van der Waals surface area contributed by atoms with E-state index in [0.29, 0.717) is 0 Å². The van der Waals surface area contributed by atoms with Crippen molar-refractivity contribution in [3.8, 4) is 0 Å². The van der Waals surface area contributed by atoms with Gasteiger partial charge in [-0.15, -0.1) is 0 Å². The van der Waals surface area contributed by atoms with Crippen LogP contribution in [0.5, 0.6) is 0 Å². The number of hydrogen-bond acceptors (Lipinski definition) is 1. The molecule has 1 aromatic carbocycles. The molecule has 0 amide bonds. The van der Waals surface area contributed by atoms with Crippen molar-refractivity contribution < 1.29 is 26.3 Å². The van der Waals surface area contributed by atoms with E-state index in [9.17, 15) is 26.3 Å². The van der Waals surface area contributed by atoms with E-state index < -0.39 is 23.5 Å². The van der Waals surface area contributed by atoms with E-state index in [4.69, 9.17) is 0 Å². The lowest BCUT2D eigenvalue weighted by molar-refractivity contribution is -0.143. The highest BCUT2D eigenvalue weighted by atomic mass is 32.2. The number of hydrogen-bond donors (Lipinski definition) is 0. The van der Waals surface area contributed by atoms with Gasteiger partial charge in [0.25, 0.3) is 0 Å². The molecule has 106 valence electrons. The molecule has 0 saturated carbocycles. The van der Waals surface area contributed by atoms with Crippen LogP contribution in [0.25, 0.3) is 0 Å². The molecule has 0 bridgehead atoms. The zero-order valence-electron chi connectivity index (χ0n) is 9.61. The van der Waals surface area contributed by atoms with Gasteiger partial charge in [0.15, 0.2) is 0 Å². The zero-order valence-corrected chi connectivity index (χ0v) is 10.4. The molecule has 1 aliphatic heterocycles. The first kappa shape index (κ1) is 14.6. The van der Waals surface area contributed by atoms with Crippen LogP contribution in [0.4, 0.5) is 26.3 Å². The Morgan fingerprint density at radius 2 is 1.37 bits per heavy atom. The monoisotopic (exact) mass is 300 g/mol. The fourth-order valence-corrected chi connectivity index (χ4v) is 2.68. The van der Waals surface area contributed by atoms with Crippen molar-refractivity contribution in [3.63, 3.8) is 0 Å². The first-order valence-electron chi connectivity index (χ1n) is 5.52. The number of thioether (sulfide) groups is 1. The molecule has 0 aromatic heterocycles. The molecule has 1 aromatic rings. The van der Waals surface area contributed by atoms with Gasteiger partial charge in [0.1, 0.15) is 0 Å². The summed E-state index contributed by atoms with van der Waals surface area (Å²) in [5.74, 6) is 1.75. The first-order chi connectivity index (χ1) is 8.66. The summed E-state index contributed by atoms with van der Waals surface area (Å²) >= 11 is 1.64. The molecule has 0 aliphatic carbocycles. The Morgan fingerprint density at radius 3 is 1.68 bits per heavy atom. The van der Waals surface area contributed by atoms with E-state index in [-0.39, 0.29) is 24.0 Å². The maximum absolute atomic E-state index is 12.6. The summed E-state index contributed by atoms with van der Waals surface area (Å²) in [5, 5.41) is 0. The Hall–Kier alpha value is -0.850. The first-order valence-corrected chi connectivity index (χ1v) is 6.68. The average Bonchev–Trinajstić information content (AvgIpc) is 2.21. The van der Waals surface area contributed by atoms with Crippen LogP contribution in [0.2, 0.25) is 0 Å². The van der Waals surface area contributed by atoms with Crippen molar-refractivity contribution in [3.05, 3.63) is 34.9 Å². The van der Waals surface area contributed by atoms with Gasteiger partial charge in [-0.2, -0.15) is 38.1 Å². The van der Waals surface area contributed by atoms with E-state index in [1.54, 1.807) is 11.8 Å². The number of rotatable bonds is 2. The van der Waals surface area contributed by atoms with Gasteiger partial charge in [0, 0.05) is 0 Å². The molecular formula is C12H10F6S. The van der Waals surface area contributed by atoms with Gasteiger partial charge in [0.05, 0.1) is 11.1 Å². The van der Waals surface area contributed by atoms with Gasteiger partial charge in [-0.3, -0.25) is 0 Å². The van der Waals surface area contributed by atoms with E-state index in [0.717, 1.165) is 23.6 Å². The minimum atomic E-state index is -4.76. The highest BCUT2D eigenvalue weighted by Gasteiger charge is 2.37. The molecule has 1 aliphatic rings. The molecule has 2 rings (SSSR count).